The third kappa shape index (κ3) is 5.24. The molecule has 6 nitrogen and oxygen atoms in total. The number of benzene rings is 3. The first-order chi connectivity index (χ1) is 18.0. The third-order valence-corrected chi connectivity index (χ3v) is 7.16. The molecule has 1 heterocycles. The summed E-state index contributed by atoms with van der Waals surface area (Å²) in [5, 5.41) is 11.7. The quantitative estimate of drug-likeness (QED) is 0.203. The van der Waals surface area contributed by atoms with E-state index in [1.165, 1.54) is 24.1 Å². The Morgan fingerprint density at radius 3 is 2.13 bits per heavy atom. The molecular formula is C30H29Cl2NO5. The van der Waals surface area contributed by atoms with E-state index in [-0.39, 0.29) is 44.7 Å². The molecule has 1 N–H and O–H groups in total. The van der Waals surface area contributed by atoms with Crippen molar-refractivity contribution in [2.75, 3.05) is 14.2 Å². The minimum Gasteiger partial charge on any atom is -0.507 e. The van der Waals surface area contributed by atoms with Crippen LogP contribution in [0.2, 0.25) is 10.0 Å². The van der Waals surface area contributed by atoms with Gasteiger partial charge in [-0.15, -0.1) is 0 Å². The molecule has 1 saturated heterocycles. The van der Waals surface area contributed by atoms with Crippen LogP contribution in [-0.2, 0) is 21.5 Å². The van der Waals surface area contributed by atoms with E-state index in [0.717, 1.165) is 11.1 Å². The highest BCUT2D eigenvalue weighted by molar-refractivity contribution is 6.46. The minimum absolute atomic E-state index is 0.0429. The van der Waals surface area contributed by atoms with Crippen molar-refractivity contribution in [1.29, 1.82) is 0 Å². The largest absolute Gasteiger partial charge is 0.507 e. The van der Waals surface area contributed by atoms with E-state index < -0.39 is 17.7 Å². The average Bonchev–Trinajstić information content (AvgIpc) is 3.12. The van der Waals surface area contributed by atoms with Crippen molar-refractivity contribution >= 4 is 40.7 Å². The number of hydrogen-bond acceptors (Lipinski definition) is 5. The molecule has 1 aliphatic rings. The molecule has 1 aliphatic heterocycles. The number of amides is 1. The van der Waals surface area contributed by atoms with E-state index in [4.69, 9.17) is 32.7 Å². The van der Waals surface area contributed by atoms with Crippen molar-refractivity contribution < 1.29 is 24.2 Å². The van der Waals surface area contributed by atoms with Gasteiger partial charge in [-0.05, 0) is 46.4 Å². The summed E-state index contributed by atoms with van der Waals surface area (Å²) in [6.45, 7) is 6.45. The van der Waals surface area contributed by atoms with Crippen LogP contribution in [0, 0.1) is 0 Å². The van der Waals surface area contributed by atoms with Crippen LogP contribution in [0.15, 0.2) is 66.2 Å². The monoisotopic (exact) mass is 553 g/mol. The zero-order valence-corrected chi connectivity index (χ0v) is 23.4. The number of aliphatic hydroxyl groups excluding tert-OH is 1. The van der Waals surface area contributed by atoms with Crippen molar-refractivity contribution in [2.24, 2.45) is 0 Å². The summed E-state index contributed by atoms with van der Waals surface area (Å²) in [5.41, 5.74) is 2.64. The maximum atomic E-state index is 13.4. The fourth-order valence-corrected chi connectivity index (χ4v) is 5.21. The zero-order chi connectivity index (χ0) is 27.8. The zero-order valence-electron chi connectivity index (χ0n) is 21.8. The number of carbonyl (C=O) groups excluding carboxylic acids is 2. The SMILES string of the molecule is COc1cccc(CN2C(=O)C(=O)/C(=C(/O)c3cc(Cl)c(OC)c(Cl)c3)C2c2ccc(C(C)(C)C)cc2)c1. The van der Waals surface area contributed by atoms with Crippen LogP contribution < -0.4 is 9.47 Å². The Kier molecular flexibility index (Phi) is 7.77. The van der Waals surface area contributed by atoms with Gasteiger partial charge in [0.2, 0.25) is 0 Å². The highest BCUT2D eigenvalue weighted by Crippen LogP contribution is 2.43. The summed E-state index contributed by atoms with van der Waals surface area (Å²) in [6.07, 6.45) is 0. The summed E-state index contributed by atoms with van der Waals surface area (Å²) in [5.74, 6) is -0.999. The summed E-state index contributed by atoms with van der Waals surface area (Å²) >= 11 is 12.6. The molecule has 1 atom stereocenters. The molecule has 0 radical (unpaired) electrons. The van der Waals surface area contributed by atoms with Gasteiger partial charge in [0, 0.05) is 12.1 Å². The number of halogens is 2. The molecule has 38 heavy (non-hydrogen) atoms. The summed E-state index contributed by atoms with van der Waals surface area (Å²) in [7, 11) is 2.99. The van der Waals surface area contributed by atoms with Crippen molar-refractivity contribution in [3.63, 3.8) is 0 Å². The summed E-state index contributed by atoms with van der Waals surface area (Å²) in [4.78, 5) is 28.3. The van der Waals surface area contributed by atoms with Crippen LogP contribution in [-0.4, -0.2) is 35.9 Å². The molecule has 0 aliphatic carbocycles. The van der Waals surface area contributed by atoms with Gasteiger partial charge in [-0.25, -0.2) is 0 Å². The maximum absolute atomic E-state index is 13.4. The Balaban J connectivity index is 1.88. The van der Waals surface area contributed by atoms with E-state index >= 15 is 0 Å². The first kappa shape index (κ1) is 27.6. The Hall–Kier alpha value is -3.48. The summed E-state index contributed by atoms with van der Waals surface area (Å²) < 4.78 is 10.5. The predicted octanol–water partition coefficient (Wildman–Crippen LogP) is 6.93. The number of ketones is 1. The molecule has 3 aromatic carbocycles. The predicted molar refractivity (Wildman–Crippen MR) is 149 cm³/mol. The van der Waals surface area contributed by atoms with Gasteiger partial charge < -0.3 is 19.5 Å². The lowest BCUT2D eigenvalue weighted by molar-refractivity contribution is -0.140. The fraction of sp³-hybridized carbons (Fsp3) is 0.267. The lowest BCUT2D eigenvalue weighted by atomic mass is 9.85. The molecule has 0 saturated carbocycles. The third-order valence-electron chi connectivity index (χ3n) is 6.60. The number of methoxy groups -OCH3 is 2. The maximum Gasteiger partial charge on any atom is 0.295 e. The molecule has 0 bridgehead atoms. The Bertz CT molecular complexity index is 1400. The molecule has 1 unspecified atom stereocenters. The van der Waals surface area contributed by atoms with Crippen LogP contribution in [0.4, 0.5) is 0 Å². The Morgan fingerprint density at radius 2 is 1.58 bits per heavy atom. The van der Waals surface area contributed by atoms with Crippen molar-refractivity contribution in [3.8, 4) is 11.5 Å². The van der Waals surface area contributed by atoms with Crippen LogP contribution in [0.3, 0.4) is 0 Å². The second kappa shape index (κ2) is 10.7. The molecule has 8 heteroatoms. The van der Waals surface area contributed by atoms with Gasteiger partial charge in [-0.1, -0.05) is 80.4 Å². The number of aliphatic hydroxyl groups is 1. The van der Waals surface area contributed by atoms with E-state index in [1.54, 1.807) is 13.2 Å². The van der Waals surface area contributed by atoms with Crippen molar-refractivity contribution in [1.82, 2.24) is 4.90 Å². The van der Waals surface area contributed by atoms with Crippen molar-refractivity contribution in [3.05, 3.63) is 98.5 Å². The Labute approximate surface area is 232 Å². The highest BCUT2D eigenvalue weighted by Gasteiger charge is 2.46. The number of rotatable bonds is 6. The smallest absolute Gasteiger partial charge is 0.295 e. The van der Waals surface area contributed by atoms with Gasteiger partial charge in [-0.2, -0.15) is 0 Å². The molecule has 1 fully saturated rings. The van der Waals surface area contributed by atoms with E-state index in [0.29, 0.717) is 11.3 Å². The molecule has 3 aromatic rings. The van der Waals surface area contributed by atoms with E-state index in [1.807, 2.05) is 42.5 Å². The average molecular weight is 554 g/mol. The second-order valence-electron chi connectivity index (χ2n) is 10.1. The molecular weight excluding hydrogens is 525 g/mol. The number of likely N-dealkylation sites (tertiary alicyclic amines) is 1. The van der Waals surface area contributed by atoms with E-state index in [2.05, 4.69) is 20.8 Å². The first-order valence-electron chi connectivity index (χ1n) is 12.0. The summed E-state index contributed by atoms with van der Waals surface area (Å²) in [6, 6.07) is 17.1. The number of ether oxygens (including phenoxy) is 2. The van der Waals surface area contributed by atoms with Crippen molar-refractivity contribution in [2.45, 2.75) is 38.8 Å². The fourth-order valence-electron chi connectivity index (χ4n) is 4.57. The van der Waals surface area contributed by atoms with Crippen LogP contribution in [0.25, 0.3) is 5.76 Å². The van der Waals surface area contributed by atoms with Crippen LogP contribution in [0.1, 0.15) is 49.1 Å². The van der Waals surface area contributed by atoms with Crippen LogP contribution in [0.5, 0.6) is 11.5 Å². The van der Waals surface area contributed by atoms with E-state index in [9.17, 15) is 14.7 Å². The number of nitrogens with zero attached hydrogens (tertiary/aromatic N) is 1. The second-order valence-corrected chi connectivity index (χ2v) is 10.9. The lowest BCUT2D eigenvalue weighted by Gasteiger charge is -2.27. The lowest BCUT2D eigenvalue weighted by Crippen LogP contribution is -2.29. The molecule has 198 valence electrons. The standard InChI is InChI=1S/C30H29Cl2NO5/c1-30(2,3)20-11-9-18(10-12-20)25-24(26(34)19-14-22(31)28(38-5)23(32)15-19)27(35)29(36)33(25)16-17-7-6-8-21(13-17)37-4/h6-15,25,34H,16H2,1-5H3/b26-24+. The number of Topliss-reactive ketones (excluding diaryl/α,β-unsaturated/α-hetero) is 1. The molecule has 0 aromatic heterocycles. The van der Waals surface area contributed by atoms with Gasteiger partial charge in [0.25, 0.3) is 11.7 Å². The molecule has 4 rings (SSSR count). The van der Waals surface area contributed by atoms with Gasteiger partial charge in [0.05, 0.1) is 35.9 Å². The number of carbonyl (C=O) groups is 2. The highest BCUT2D eigenvalue weighted by atomic mass is 35.5. The normalized spacial score (nSPS) is 17.1. The van der Waals surface area contributed by atoms with Crippen LogP contribution >= 0.6 is 23.2 Å². The molecule has 1 amide bonds. The van der Waals surface area contributed by atoms with Gasteiger partial charge in [0.15, 0.2) is 5.75 Å². The van der Waals surface area contributed by atoms with Gasteiger partial charge in [0.1, 0.15) is 11.5 Å². The first-order valence-corrected chi connectivity index (χ1v) is 12.8. The number of hydrogen-bond donors (Lipinski definition) is 1. The Morgan fingerprint density at radius 1 is 0.947 bits per heavy atom. The minimum atomic E-state index is -0.838. The van der Waals surface area contributed by atoms with Gasteiger partial charge in [-0.3, -0.25) is 9.59 Å². The van der Waals surface area contributed by atoms with Gasteiger partial charge >= 0.3 is 0 Å². The topological polar surface area (TPSA) is 76.1 Å². The molecule has 0 spiro atoms.